The van der Waals surface area contributed by atoms with E-state index in [9.17, 15) is 8.42 Å². The lowest BCUT2D eigenvalue weighted by Gasteiger charge is -2.24. The highest BCUT2D eigenvalue weighted by molar-refractivity contribution is 7.91. The molecule has 0 saturated heterocycles. The molecule has 2 N–H and O–H groups in total. The zero-order valence-corrected chi connectivity index (χ0v) is 12.1. The second-order valence-electron chi connectivity index (χ2n) is 5.21. The molecule has 0 atom stereocenters. The number of hydrogen-bond donors (Lipinski definition) is 1. The summed E-state index contributed by atoms with van der Waals surface area (Å²) in [6.07, 6.45) is 4.12. The van der Waals surface area contributed by atoms with Crippen molar-refractivity contribution in [3.63, 3.8) is 0 Å². The van der Waals surface area contributed by atoms with Crippen molar-refractivity contribution in [2.24, 2.45) is 5.73 Å². The van der Waals surface area contributed by atoms with Crippen LogP contribution in [0.15, 0.2) is 29.2 Å². The Morgan fingerprint density at radius 1 is 1.26 bits per heavy atom. The number of benzene rings is 1. The van der Waals surface area contributed by atoms with Gasteiger partial charge in [0.25, 0.3) is 0 Å². The van der Waals surface area contributed by atoms with E-state index in [0.29, 0.717) is 12.4 Å². The van der Waals surface area contributed by atoms with Crippen molar-refractivity contribution in [1.82, 2.24) is 0 Å². The van der Waals surface area contributed by atoms with Gasteiger partial charge >= 0.3 is 0 Å². The van der Waals surface area contributed by atoms with Crippen LogP contribution in [-0.2, 0) is 9.84 Å². The quantitative estimate of drug-likeness (QED) is 0.898. The average molecular weight is 283 g/mol. The summed E-state index contributed by atoms with van der Waals surface area (Å²) >= 11 is 0. The van der Waals surface area contributed by atoms with Crippen LogP contribution < -0.4 is 10.5 Å². The Balaban J connectivity index is 2.17. The fraction of sp³-hybridized carbons (Fsp3) is 0.571. The molecule has 2 rings (SSSR count). The molecule has 0 radical (unpaired) electrons. The smallest absolute Gasteiger partial charge is 0.181 e. The maximum absolute atomic E-state index is 12.0. The molecule has 0 unspecified atom stereocenters. The van der Waals surface area contributed by atoms with E-state index in [0.717, 1.165) is 25.7 Å². The van der Waals surface area contributed by atoms with Crippen LogP contribution in [0.3, 0.4) is 0 Å². The van der Waals surface area contributed by atoms with Crippen molar-refractivity contribution in [2.45, 2.75) is 43.0 Å². The van der Waals surface area contributed by atoms with Gasteiger partial charge in [0.2, 0.25) is 0 Å². The number of sulfone groups is 1. The molecule has 1 aliphatic rings. The highest BCUT2D eigenvalue weighted by Crippen LogP contribution is 2.30. The Kier molecular flexibility index (Phi) is 4.16. The van der Waals surface area contributed by atoms with E-state index in [4.69, 9.17) is 10.5 Å². The summed E-state index contributed by atoms with van der Waals surface area (Å²) in [5, 5.41) is 0. The molecule has 1 fully saturated rings. The Morgan fingerprint density at radius 3 is 2.53 bits per heavy atom. The van der Waals surface area contributed by atoms with Gasteiger partial charge in [-0.25, -0.2) is 8.42 Å². The fourth-order valence-electron chi connectivity index (χ4n) is 2.43. The minimum Gasteiger partial charge on any atom is -0.490 e. The summed E-state index contributed by atoms with van der Waals surface area (Å²) in [4.78, 5) is 0.263. The summed E-state index contributed by atoms with van der Waals surface area (Å²) in [5.74, 6) is 0.488. The van der Waals surface area contributed by atoms with Crippen LogP contribution in [0.1, 0.15) is 32.6 Å². The summed E-state index contributed by atoms with van der Waals surface area (Å²) in [5.41, 5.74) is 5.92. The molecule has 4 nitrogen and oxygen atoms in total. The molecule has 0 spiro atoms. The lowest BCUT2D eigenvalue weighted by molar-refractivity contribution is 0.216. The molecule has 0 bridgehead atoms. The zero-order valence-electron chi connectivity index (χ0n) is 11.3. The van der Waals surface area contributed by atoms with Gasteiger partial charge in [-0.2, -0.15) is 0 Å². The van der Waals surface area contributed by atoms with Gasteiger partial charge in [0, 0.05) is 0 Å². The van der Waals surface area contributed by atoms with Gasteiger partial charge in [0.05, 0.1) is 11.3 Å². The first-order valence-electron chi connectivity index (χ1n) is 6.70. The molecule has 1 aromatic carbocycles. The number of para-hydroxylation sites is 1. The van der Waals surface area contributed by atoms with Gasteiger partial charge in [-0.15, -0.1) is 0 Å². The molecule has 0 heterocycles. The van der Waals surface area contributed by atoms with E-state index >= 15 is 0 Å². The Hall–Kier alpha value is -1.07. The molecule has 1 aromatic rings. The van der Waals surface area contributed by atoms with Crippen molar-refractivity contribution in [3.8, 4) is 5.75 Å². The molecule has 0 aliphatic heterocycles. The van der Waals surface area contributed by atoms with Crippen LogP contribution >= 0.6 is 0 Å². The summed E-state index contributed by atoms with van der Waals surface area (Å²) in [7, 11) is -3.26. The van der Waals surface area contributed by atoms with Gasteiger partial charge in [-0.3, -0.25) is 0 Å². The predicted molar refractivity (Wildman–Crippen MR) is 75.1 cm³/mol. The Labute approximate surface area is 114 Å². The molecular weight excluding hydrogens is 262 g/mol. The first-order chi connectivity index (χ1) is 8.97. The number of hydrogen-bond acceptors (Lipinski definition) is 4. The summed E-state index contributed by atoms with van der Waals surface area (Å²) in [6, 6.07) is 6.78. The first-order valence-corrected chi connectivity index (χ1v) is 8.35. The molecule has 0 amide bonds. The van der Waals surface area contributed by atoms with Crippen LogP contribution in [-0.4, -0.2) is 26.3 Å². The van der Waals surface area contributed by atoms with Crippen molar-refractivity contribution >= 4 is 9.84 Å². The largest absolute Gasteiger partial charge is 0.490 e. The third-order valence-corrected chi connectivity index (χ3v) is 5.45. The first kappa shape index (κ1) is 14.3. The van der Waals surface area contributed by atoms with Gasteiger partial charge in [0.1, 0.15) is 17.3 Å². The van der Waals surface area contributed by atoms with E-state index in [-0.39, 0.29) is 16.2 Å². The second kappa shape index (κ2) is 5.51. The van der Waals surface area contributed by atoms with Crippen LogP contribution in [0.5, 0.6) is 5.75 Å². The van der Waals surface area contributed by atoms with Crippen molar-refractivity contribution in [3.05, 3.63) is 24.3 Å². The third kappa shape index (κ3) is 3.28. The van der Waals surface area contributed by atoms with Gasteiger partial charge in [0.15, 0.2) is 9.84 Å². The molecular formula is C14H21NO3S. The lowest BCUT2D eigenvalue weighted by Crippen LogP contribution is -2.42. The maximum Gasteiger partial charge on any atom is 0.181 e. The van der Waals surface area contributed by atoms with Gasteiger partial charge in [-0.05, 0) is 25.0 Å². The predicted octanol–water partition coefficient (Wildman–Crippen LogP) is 2.13. The fourth-order valence-corrected chi connectivity index (χ4v) is 3.46. The topological polar surface area (TPSA) is 69.4 Å². The highest BCUT2D eigenvalue weighted by atomic mass is 32.2. The van der Waals surface area contributed by atoms with Crippen LogP contribution in [0.4, 0.5) is 0 Å². The SMILES string of the molecule is CCS(=O)(=O)c1ccccc1OCC1(N)CCCC1. The Morgan fingerprint density at radius 2 is 1.89 bits per heavy atom. The zero-order chi connectivity index (χ0) is 13.9. The van der Waals surface area contributed by atoms with Gasteiger partial charge < -0.3 is 10.5 Å². The third-order valence-electron chi connectivity index (χ3n) is 3.68. The van der Waals surface area contributed by atoms with E-state index in [1.807, 2.05) is 0 Å². The molecule has 106 valence electrons. The minimum atomic E-state index is -3.26. The maximum atomic E-state index is 12.0. The van der Waals surface area contributed by atoms with E-state index in [1.54, 1.807) is 31.2 Å². The van der Waals surface area contributed by atoms with Crippen LogP contribution in [0.2, 0.25) is 0 Å². The van der Waals surface area contributed by atoms with Crippen molar-refractivity contribution in [1.29, 1.82) is 0 Å². The highest BCUT2D eigenvalue weighted by Gasteiger charge is 2.30. The molecule has 19 heavy (non-hydrogen) atoms. The lowest BCUT2D eigenvalue weighted by atomic mass is 10.0. The van der Waals surface area contributed by atoms with Gasteiger partial charge in [-0.1, -0.05) is 31.9 Å². The minimum absolute atomic E-state index is 0.0706. The van der Waals surface area contributed by atoms with Crippen LogP contribution in [0.25, 0.3) is 0 Å². The summed E-state index contributed by atoms with van der Waals surface area (Å²) in [6.45, 7) is 2.01. The van der Waals surface area contributed by atoms with E-state index < -0.39 is 9.84 Å². The van der Waals surface area contributed by atoms with Crippen molar-refractivity contribution in [2.75, 3.05) is 12.4 Å². The molecule has 5 heteroatoms. The van der Waals surface area contributed by atoms with E-state index in [2.05, 4.69) is 0 Å². The normalized spacial score (nSPS) is 18.4. The molecule has 1 saturated carbocycles. The summed E-state index contributed by atoms with van der Waals surface area (Å²) < 4.78 is 29.7. The monoisotopic (exact) mass is 283 g/mol. The number of nitrogens with two attached hydrogens (primary N) is 1. The van der Waals surface area contributed by atoms with E-state index in [1.165, 1.54) is 0 Å². The molecule has 1 aliphatic carbocycles. The van der Waals surface area contributed by atoms with Crippen LogP contribution in [0, 0.1) is 0 Å². The number of ether oxygens (including phenoxy) is 1. The number of rotatable bonds is 5. The Bertz CT molecular complexity index is 533. The average Bonchev–Trinajstić information content (AvgIpc) is 2.84. The second-order valence-corrected chi connectivity index (χ2v) is 7.45. The standard InChI is InChI=1S/C14H21NO3S/c1-2-19(16,17)13-8-4-3-7-12(13)18-11-14(15)9-5-6-10-14/h3-4,7-8H,2,5-6,9-11,15H2,1H3. The molecule has 0 aromatic heterocycles. The van der Waals surface area contributed by atoms with Crippen molar-refractivity contribution < 1.29 is 13.2 Å².